The number of ketones is 1. The maximum atomic E-state index is 11.8. The first-order valence-corrected chi connectivity index (χ1v) is 7.78. The molecule has 1 aromatic carbocycles. The van der Waals surface area contributed by atoms with Gasteiger partial charge < -0.3 is 0 Å². The lowest BCUT2D eigenvalue weighted by molar-refractivity contribution is 0.104. The van der Waals surface area contributed by atoms with E-state index in [-0.39, 0.29) is 5.78 Å². The van der Waals surface area contributed by atoms with E-state index >= 15 is 0 Å². The first-order valence-electron chi connectivity index (χ1n) is 4.92. The lowest BCUT2D eigenvalue weighted by atomic mass is 10.1. The Kier molecular flexibility index (Phi) is 7.03. The third-order valence-corrected chi connectivity index (χ3v) is 4.44. The lowest BCUT2D eigenvalue weighted by Gasteiger charge is -1.99. The maximum Gasteiger partial charge on any atom is 0.207 e. The smallest absolute Gasteiger partial charge is 0.207 e. The molecular weight excluding hydrogens is 323 g/mol. The number of halogens is 2. The molecule has 1 rings (SSSR count). The summed E-state index contributed by atoms with van der Waals surface area (Å²) < 4.78 is 0.570. The lowest BCUT2D eigenvalue weighted by Crippen LogP contribution is -1.93. The molecule has 0 amide bonds. The molecule has 0 aromatic heterocycles. The molecule has 19 heavy (non-hydrogen) atoms. The van der Waals surface area contributed by atoms with Crippen LogP contribution in [-0.4, -0.2) is 16.4 Å². The van der Waals surface area contributed by atoms with Crippen LogP contribution < -0.4 is 0 Å². The van der Waals surface area contributed by atoms with Crippen LogP contribution in [0.3, 0.4) is 0 Å². The van der Waals surface area contributed by atoms with Gasteiger partial charge in [0.1, 0.15) is 4.38 Å². The molecule has 98 valence electrons. The summed E-state index contributed by atoms with van der Waals surface area (Å²) in [6.07, 6.45) is 4.90. The van der Waals surface area contributed by atoms with Crippen molar-refractivity contribution >= 4 is 56.9 Å². The summed E-state index contributed by atoms with van der Waals surface area (Å²) >= 11 is 14.1. The first kappa shape index (κ1) is 16.1. The Hall–Kier alpha value is -0.930. The summed E-state index contributed by atoms with van der Waals surface area (Å²) in [7, 11) is 0. The molecule has 0 aliphatic carbocycles. The van der Waals surface area contributed by atoms with Crippen LogP contribution in [0.15, 0.2) is 34.7 Å². The number of aliphatic imine (C=N–C) groups is 1. The molecule has 0 N–H and O–H groups in total. The Labute approximate surface area is 129 Å². The Morgan fingerprint density at radius 3 is 2.74 bits per heavy atom. The minimum atomic E-state index is -0.191. The van der Waals surface area contributed by atoms with Crippen LogP contribution in [0.2, 0.25) is 10.0 Å². The molecule has 1 aromatic rings. The fourth-order valence-electron chi connectivity index (χ4n) is 1.06. The summed E-state index contributed by atoms with van der Waals surface area (Å²) in [6, 6.07) is 4.69. The molecule has 0 heterocycles. The predicted molar refractivity (Wildman–Crippen MR) is 84.1 cm³/mol. The Balaban J connectivity index is 2.72. The van der Waals surface area contributed by atoms with Crippen molar-refractivity contribution < 1.29 is 4.79 Å². The number of allylic oxidation sites excluding steroid dienone is 1. The molecule has 0 aliphatic heterocycles. The van der Waals surface area contributed by atoms with Crippen LogP contribution in [0.25, 0.3) is 0 Å². The number of hydrogen-bond acceptors (Lipinski definition) is 5. The number of benzene rings is 1. The van der Waals surface area contributed by atoms with E-state index in [0.717, 1.165) is 0 Å². The van der Waals surface area contributed by atoms with Crippen molar-refractivity contribution in [2.24, 2.45) is 4.99 Å². The SMILES string of the molecule is CSC(=NC#N)S/C=C/C(=O)c1ccc(Cl)c(Cl)c1. The van der Waals surface area contributed by atoms with Gasteiger partial charge in [0.15, 0.2) is 5.78 Å². The van der Waals surface area contributed by atoms with Crippen LogP contribution >= 0.6 is 46.7 Å². The zero-order valence-corrected chi connectivity index (χ0v) is 12.9. The van der Waals surface area contributed by atoms with Gasteiger partial charge in [-0.2, -0.15) is 10.3 Å². The van der Waals surface area contributed by atoms with E-state index in [9.17, 15) is 4.79 Å². The van der Waals surface area contributed by atoms with Gasteiger partial charge in [-0.25, -0.2) is 0 Å². The minimum absolute atomic E-state index is 0.191. The van der Waals surface area contributed by atoms with Gasteiger partial charge in [-0.05, 0) is 35.9 Å². The number of carbonyl (C=O) groups excluding carboxylic acids is 1. The van der Waals surface area contributed by atoms with Crippen LogP contribution in [0.4, 0.5) is 0 Å². The zero-order valence-electron chi connectivity index (χ0n) is 9.76. The highest BCUT2D eigenvalue weighted by molar-refractivity contribution is 8.39. The Morgan fingerprint density at radius 2 is 2.16 bits per heavy atom. The quantitative estimate of drug-likeness (QED) is 0.267. The van der Waals surface area contributed by atoms with Gasteiger partial charge in [-0.1, -0.05) is 35.0 Å². The first-order chi connectivity index (χ1) is 9.08. The van der Waals surface area contributed by atoms with Crippen molar-refractivity contribution in [3.8, 4) is 6.19 Å². The van der Waals surface area contributed by atoms with E-state index in [0.29, 0.717) is 20.0 Å². The average molecular weight is 331 g/mol. The van der Waals surface area contributed by atoms with E-state index in [1.165, 1.54) is 35.7 Å². The zero-order chi connectivity index (χ0) is 14.3. The van der Waals surface area contributed by atoms with E-state index in [4.69, 9.17) is 28.5 Å². The number of hydrogen-bond donors (Lipinski definition) is 0. The highest BCUT2D eigenvalue weighted by Gasteiger charge is 2.05. The highest BCUT2D eigenvalue weighted by atomic mass is 35.5. The second-order valence-corrected chi connectivity index (χ2v) is 5.86. The molecule has 0 saturated carbocycles. The molecule has 0 unspecified atom stereocenters. The molecular formula is C12H8Cl2N2OS2. The largest absolute Gasteiger partial charge is 0.289 e. The number of thioether (sulfide) groups is 2. The summed E-state index contributed by atoms with van der Waals surface area (Å²) in [5.41, 5.74) is 0.453. The van der Waals surface area contributed by atoms with E-state index in [1.54, 1.807) is 30.0 Å². The van der Waals surface area contributed by atoms with Gasteiger partial charge in [0.25, 0.3) is 0 Å². The van der Waals surface area contributed by atoms with Crippen LogP contribution in [0, 0.1) is 11.5 Å². The maximum absolute atomic E-state index is 11.8. The van der Waals surface area contributed by atoms with Crippen LogP contribution in [-0.2, 0) is 0 Å². The summed E-state index contributed by atoms with van der Waals surface area (Å²) in [6.45, 7) is 0. The van der Waals surface area contributed by atoms with Gasteiger partial charge in [-0.15, -0.1) is 11.8 Å². The molecule has 0 fully saturated rings. The number of nitrogens with zero attached hydrogens (tertiary/aromatic N) is 2. The number of nitriles is 1. The number of rotatable bonds is 3. The average Bonchev–Trinajstić information content (AvgIpc) is 2.40. The van der Waals surface area contributed by atoms with Gasteiger partial charge in [-0.3, -0.25) is 4.79 Å². The second kappa shape index (κ2) is 8.28. The van der Waals surface area contributed by atoms with Crippen molar-refractivity contribution in [3.05, 3.63) is 45.3 Å². The third kappa shape index (κ3) is 5.29. The summed E-state index contributed by atoms with van der Waals surface area (Å²) in [4.78, 5) is 15.4. The summed E-state index contributed by atoms with van der Waals surface area (Å²) in [5, 5.41) is 10.8. The van der Waals surface area contributed by atoms with Crippen molar-refractivity contribution in [3.63, 3.8) is 0 Å². The van der Waals surface area contributed by atoms with Gasteiger partial charge in [0, 0.05) is 5.56 Å². The van der Waals surface area contributed by atoms with Crippen molar-refractivity contribution in [2.75, 3.05) is 6.26 Å². The van der Waals surface area contributed by atoms with Crippen LogP contribution in [0.5, 0.6) is 0 Å². The summed E-state index contributed by atoms with van der Waals surface area (Å²) in [5.74, 6) is -0.191. The Bertz CT molecular complexity index is 580. The van der Waals surface area contributed by atoms with Crippen molar-refractivity contribution in [1.82, 2.24) is 0 Å². The van der Waals surface area contributed by atoms with E-state index in [2.05, 4.69) is 4.99 Å². The molecule has 0 atom stereocenters. The molecule has 0 bridgehead atoms. The monoisotopic (exact) mass is 330 g/mol. The molecule has 3 nitrogen and oxygen atoms in total. The van der Waals surface area contributed by atoms with Gasteiger partial charge in [0.2, 0.25) is 6.19 Å². The van der Waals surface area contributed by atoms with Gasteiger partial charge in [0.05, 0.1) is 10.0 Å². The predicted octanol–water partition coefficient (Wildman–Crippen LogP) is 4.62. The van der Waals surface area contributed by atoms with Crippen LogP contribution in [0.1, 0.15) is 10.4 Å². The minimum Gasteiger partial charge on any atom is -0.289 e. The van der Waals surface area contributed by atoms with E-state index in [1.807, 2.05) is 0 Å². The normalized spacial score (nSPS) is 11.6. The highest BCUT2D eigenvalue weighted by Crippen LogP contribution is 2.23. The molecule has 0 saturated heterocycles. The topological polar surface area (TPSA) is 53.2 Å². The standard InChI is InChI=1S/C12H8Cl2N2OS2/c1-18-12(16-7-15)19-5-4-11(17)8-2-3-9(13)10(14)6-8/h2-6H,1H3/b5-4+,16-12?. The van der Waals surface area contributed by atoms with Crippen molar-refractivity contribution in [2.45, 2.75) is 0 Å². The second-order valence-electron chi connectivity index (χ2n) is 3.10. The molecule has 0 aliphatic rings. The third-order valence-electron chi connectivity index (χ3n) is 1.91. The molecule has 0 spiro atoms. The van der Waals surface area contributed by atoms with Crippen molar-refractivity contribution in [1.29, 1.82) is 5.26 Å². The molecule has 0 radical (unpaired) electrons. The van der Waals surface area contributed by atoms with Gasteiger partial charge >= 0.3 is 0 Å². The fraction of sp³-hybridized carbons (Fsp3) is 0.0833. The number of carbonyl (C=O) groups is 1. The Morgan fingerprint density at radius 1 is 1.42 bits per heavy atom. The van der Waals surface area contributed by atoms with E-state index < -0.39 is 0 Å². The fourth-order valence-corrected chi connectivity index (χ4v) is 2.44. The molecule has 7 heteroatoms.